The molecule has 124 valence electrons. The minimum atomic E-state index is -0.350. The molecule has 0 atom stereocenters. The number of nitrogens with zero attached hydrogens (tertiary/aromatic N) is 3. The molecule has 0 radical (unpaired) electrons. The van der Waals surface area contributed by atoms with E-state index < -0.39 is 0 Å². The van der Waals surface area contributed by atoms with Gasteiger partial charge in [-0.3, -0.25) is 14.6 Å². The van der Waals surface area contributed by atoms with Crippen molar-refractivity contribution in [3.63, 3.8) is 0 Å². The van der Waals surface area contributed by atoms with Crippen LogP contribution >= 0.6 is 0 Å². The standard InChI is InChI=1S/C18H15N5O2/c1-23-11-13(9-20-23)15-7-8-16(25-15)18(24)21-17-14(10-19-22-17)12-5-3-2-4-6-12/h2-11H,1H3,(H2,19,21,22,24). The number of H-pyrrole nitrogens is 1. The third-order valence-electron chi connectivity index (χ3n) is 3.78. The molecule has 1 amide bonds. The molecular weight excluding hydrogens is 318 g/mol. The number of aromatic amines is 1. The van der Waals surface area contributed by atoms with Crippen molar-refractivity contribution < 1.29 is 9.21 Å². The van der Waals surface area contributed by atoms with Crippen LogP contribution in [0.3, 0.4) is 0 Å². The molecule has 3 heterocycles. The Morgan fingerprint density at radius 2 is 1.96 bits per heavy atom. The van der Waals surface area contributed by atoms with Crippen molar-refractivity contribution in [1.82, 2.24) is 20.0 Å². The van der Waals surface area contributed by atoms with Crippen molar-refractivity contribution in [2.75, 3.05) is 5.32 Å². The maximum Gasteiger partial charge on any atom is 0.292 e. The zero-order chi connectivity index (χ0) is 17.2. The van der Waals surface area contributed by atoms with E-state index in [1.54, 1.807) is 29.2 Å². The number of amides is 1. The largest absolute Gasteiger partial charge is 0.451 e. The highest BCUT2D eigenvalue weighted by atomic mass is 16.3. The number of carbonyl (C=O) groups is 1. The van der Waals surface area contributed by atoms with E-state index in [1.807, 2.05) is 43.6 Å². The van der Waals surface area contributed by atoms with E-state index in [-0.39, 0.29) is 11.7 Å². The van der Waals surface area contributed by atoms with E-state index in [9.17, 15) is 4.79 Å². The monoisotopic (exact) mass is 333 g/mol. The van der Waals surface area contributed by atoms with Crippen LogP contribution < -0.4 is 5.32 Å². The van der Waals surface area contributed by atoms with Crippen molar-refractivity contribution in [1.29, 1.82) is 0 Å². The predicted octanol–water partition coefficient (Wildman–Crippen LogP) is 3.32. The Hall–Kier alpha value is -3.61. The summed E-state index contributed by atoms with van der Waals surface area (Å²) in [6.45, 7) is 0. The second-order valence-corrected chi connectivity index (χ2v) is 5.55. The average Bonchev–Trinajstić information content (AvgIpc) is 3.35. The van der Waals surface area contributed by atoms with E-state index in [2.05, 4.69) is 20.6 Å². The second-order valence-electron chi connectivity index (χ2n) is 5.55. The van der Waals surface area contributed by atoms with Crippen LogP contribution in [0.15, 0.2) is 65.5 Å². The van der Waals surface area contributed by atoms with Crippen LogP contribution in [0.5, 0.6) is 0 Å². The number of rotatable bonds is 4. The first-order chi connectivity index (χ1) is 12.2. The Balaban J connectivity index is 1.56. The molecule has 25 heavy (non-hydrogen) atoms. The third kappa shape index (κ3) is 2.94. The SMILES string of the molecule is Cn1cc(-c2ccc(C(=O)Nc3[nH]ncc3-c3ccccc3)o2)cn1. The highest BCUT2D eigenvalue weighted by Gasteiger charge is 2.16. The van der Waals surface area contributed by atoms with Crippen LogP contribution in [0.25, 0.3) is 22.5 Å². The number of aryl methyl sites for hydroxylation is 1. The summed E-state index contributed by atoms with van der Waals surface area (Å²) in [5.41, 5.74) is 2.59. The van der Waals surface area contributed by atoms with Gasteiger partial charge in [0.1, 0.15) is 11.6 Å². The molecule has 0 aliphatic carbocycles. The predicted molar refractivity (Wildman–Crippen MR) is 92.9 cm³/mol. The summed E-state index contributed by atoms with van der Waals surface area (Å²) in [5, 5.41) is 13.7. The number of furan rings is 1. The van der Waals surface area contributed by atoms with Crippen molar-refractivity contribution >= 4 is 11.7 Å². The topological polar surface area (TPSA) is 88.7 Å². The summed E-state index contributed by atoms with van der Waals surface area (Å²) < 4.78 is 7.31. The normalized spacial score (nSPS) is 10.8. The first kappa shape index (κ1) is 14.9. The molecule has 0 bridgehead atoms. The van der Waals surface area contributed by atoms with Gasteiger partial charge in [0.25, 0.3) is 5.91 Å². The maximum atomic E-state index is 12.5. The Bertz CT molecular complexity index is 1010. The average molecular weight is 333 g/mol. The molecule has 3 aromatic heterocycles. The molecule has 7 nitrogen and oxygen atoms in total. The Morgan fingerprint density at radius 1 is 1.12 bits per heavy atom. The lowest BCUT2D eigenvalue weighted by Gasteiger charge is -2.04. The van der Waals surface area contributed by atoms with E-state index >= 15 is 0 Å². The van der Waals surface area contributed by atoms with Gasteiger partial charge in [-0.05, 0) is 17.7 Å². The lowest BCUT2D eigenvalue weighted by atomic mass is 10.1. The zero-order valence-corrected chi connectivity index (χ0v) is 13.4. The molecule has 0 unspecified atom stereocenters. The smallest absolute Gasteiger partial charge is 0.292 e. The van der Waals surface area contributed by atoms with Crippen molar-refractivity contribution in [3.8, 4) is 22.5 Å². The van der Waals surface area contributed by atoms with E-state index in [0.29, 0.717) is 11.6 Å². The molecule has 2 N–H and O–H groups in total. The lowest BCUT2D eigenvalue weighted by molar-refractivity contribution is 0.0997. The molecule has 0 aliphatic rings. The molecule has 0 aliphatic heterocycles. The lowest BCUT2D eigenvalue weighted by Crippen LogP contribution is -2.11. The number of benzene rings is 1. The van der Waals surface area contributed by atoms with Gasteiger partial charge < -0.3 is 9.73 Å². The molecule has 7 heteroatoms. The molecule has 1 aromatic carbocycles. The van der Waals surface area contributed by atoms with Crippen LogP contribution in [-0.4, -0.2) is 25.9 Å². The Morgan fingerprint density at radius 3 is 2.72 bits per heavy atom. The van der Waals surface area contributed by atoms with Gasteiger partial charge in [0.05, 0.1) is 18.0 Å². The fourth-order valence-corrected chi connectivity index (χ4v) is 2.56. The molecule has 0 spiro atoms. The van der Waals surface area contributed by atoms with Gasteiger partial charge in [-0.15, -0.1) is 0 Å². The van der Waals surface area contributed by atoms with Crippen LogP contribution in [-0.2, 0) is 7.05 Å². The number of carbonyl (C=O) groups excluding carboxylic acids is 1. The van der Waals surface area contributed by atoms with Gasteiger partial charge in [-0.2, -0.15) is 10.2 Å². The molecule has 0 saturated carbocycles. The fourth-order valence-electron chi connectivity index (χ4n) is 2.56. The van der Waals surface area contributed by atoms with Gasteiger partial charge in [0.2, 0.25) is 0 Å². The van der Waals surface area contributed by atoms with Gasteiger partial charge in [0, 0.05) is 18.8 Å². The molecule has 0 saturated heterocycles. The Kier molecular flexibility index (Phi) is 3.66. The van der Waals surface area contributed by atoms with Crippen LogP contribution in [0.1, 0.15) is 10.6 Å². The highest BCUT2D eigenvalue weighted by molar-refractivity contribution is 6.04. The van der Waals surface area contributed by atoms with Crippen molar-refractivity contribution in [2.24, 2.45) is 7.05 Å². The number of hydrogen-bond donors (Lipinski definition) is 2. The highest BCUT2D eigenvalue weighted by Crippen LogP contribution is 2.27. The van der Waals surface area contributed by atoms with E-state index in [1.165, 1.54) is 0 Å². The number of anilines is 1. The van der Waals surface area contributed by atoms with E-state index in [0.717, 1.165) is 16.7 Å². The minimum absolute atomic E-state index is 0.215. The summed E-state index contributed by atoms with van der Waals surface area (Å²) in [7, 11) is 1.82. The number of aromatic nitrogens is 4. The van der Waals surface area contributed by atoms with Crippen LogP contribution in [0, 0.1) is 0 Å². The third-order valence-corrected chi connectivity index (χ3v) is 3.78. The molecule has 4 aromatic rings. The maximum absolute atomic E-state index is 12.5. The second kappa shape index (κ2) is 6.12. The van der Waals surface area contributed by atoms with Gasteiger partial charge >= 0.3 is 0 Å². The molecule has 0 fully saturated rings. The fraction of sp³-hybridized carbons (Fsp3) is 0.0556. The zero-order valence-electron chi connectivity index (χ0n) is 13.4. The quantitative estimate of drug-likeness (QED) is 0.599. The van der Waals surface area contributed by atoms with Crippen LogP contribution in [0.4, 0.5) is 5.82 Å². The van der Waals surface area contributed by atoms with Gasteiger partial charge in [-0.25, -0.2) is 0 Å². The van der Waals surface area contributed by atoms with Crippen molar-refractivity contribution in [2.45, 2.75) is 0 Å². The summed E-state index contributed by atoms with van der Waals surface area (Å²) >= 11 is 0. The summed E-state index contributed by atoms with van der Waals surface area (Å²) in [6, 6.07) is 13.1. The van der Waals surface area contributed by atoms with E-state index in [4.69, 9.17) is 4.42 Å². The number of hydrogen-bond acceptors (Lipinski definition) is 4. The first-order valence-electron chi connectivity index (χ1n) is 7.70. The molecular formula is C18H15N5O2. The molecule has 4 rings (SSSR count). The van der Waals surface area contributed by atoms with Crippen LogP contribution in [0.2, 0.25) is 0 Å². The van der Waals surface area contributed by atoms with Gasteiger partial charge in [-0.1, -0.05) is 30.3 Å². The summed E-state index contributed by atoms with van der Waals surface area (Å²) in [6.07, 6.45) is 5.18. The first-order valence-corrected chi connectivity index (χ1v) is 7.70. The summed E-state index contributed by atoms with van der Waals surface area (Å²) in [4.78, 5) is 12.5. The number of nitrogens with one attached hydrogen (secondary N) is 2. The summed E-state index contributed by atoms with van der Waals surface area (Å²) in [5.74, 6) is 0.978. The minimum Gasteiger partial charge on any atom is -0.451 e. The van der Waals surface area contributed by atoms with Crippen molar-refractivity contribution in [3.05, 3.63) is 66.8 Å². The Labute approximate surface area is 143 Å². The van der Waals surface area contributed by atoms with Gasteiger partial charge in [0.15, 0.2) is 5.76 Å².